The summed E-state index contributed by atoms with van der Waals surface area (Å²) in [5.41, 5.74) is 0.192. The van der Waals surface area contributed by atoms with Crippen LogP contribution in [0.5, 0.6) is 17.2 Å². The van der Waals surface area contributed by atoms with Crippen molar-refractivity contribution in [1.82, 2.24) is 0 Å². The van der Waals surface area contributed by atoms with E-state index in [2.05, 4.69) is 4.74 Å². The molecule has 10 heteroatoms. The number of esters is 1. The minimum absolute atomic E-state index is 0.0556. The van der Waals surface area contributed by atoms with Crippen molar-refractivity contribution in [1.29, 1.82) is 0 Å². The summed E-state index contributed by atoms with van der Waals surface area (Å²) in [7, 11) is 1.28. The fraction of sp³-hybridized carbons (Fsp3) is 0.235. The first-order valence-electron chi connectivity index (χ1n) is 7.54. The molecule has 0 spiro atoms. The highest BCUT2D eigenvalue weighted by molar-refractivity contribution is 5.71. The molecule has 0 N–H and O–H groups in total. The third kappa shape index (κ3) is 5.80. The van der Waals surface area contributed by atoms with E-state index in [1.54, 1.807) is 0 Å². The van der Waals surface area contributed by atoms with Gasteiger partial charge in [-0.15, -0.1) is 0 Å². The number of halogens is 2. The van der Waals surface area contributed by atoms with E-state index >= 15 is 0 Å². The lowest BCUT2D eigenvalue weighted by atomic mass is 10.2. The zero-order chi connectivity index (χ0) is 19.8. The molecule has 0 heterocycles. The number of hydrogen-bond donors (Lipinski definition) is 0. The van der Waals surface area contributed by atoms with Crippen LogP contribution in [0.2, 0.25) is 0 Å². The second-order valence-electron chi connectivity index (χ2n) is 5.04. The van der Waals surface area contributed by atoms with Crippen LogP contribution >= 0.6 is 0 Å². The fourth-order valence-electron chi connectivity index (χ4n) is 2.07. The minimum Gasteiger partial charge on any atom is -0.493 e. The van der Waals surface area contributed by atoms with Gasteiger partial charge in [0, 0.05) is 6.07 Å². The molecule has 2 rings (SSSR count). The summed E-state index contributed by atoms with van der Waals surface area (Å²) < 4.78 is 43.9. The molecule has 0 aliphatic carbocycles. The molecule has 0 amide bonds. The lowest BCUT2D eigenvalue weighted by Gasteiger charge is -2.12. The van der Waals surface area contributed by atoms with Crippen LogP contribution in [0.4, 0.5) is 14.5 Å². The topological polar surface area (TPSA) is 97.1 Å². The van der Waals surface area contributed by atoms with E-state index in [-0.39, 0.29) is 29.5 Å². The maximum Gasteiger partial charge on any atom is 0.387 e. The summed E-state index contributed by atoms with van der Waals surface area (Å²) in [4.78, 5) is 22.0. The highest BCUT2D eigenvalue weighted by Crippen LogP contribution is 2.30. The van der Waals surface area contributed by atoms with Gasteiger partial charge in [-0.1, -0.05) is 18.2 Å². The lowest BCUT2D eigenvalue weighted by Crippen LogP contribution is -2.15. The molecule has 0 bridgehead atoms. The van der Waals surface area contributed by atoms with Crippen LogP contribution in [-0.4, -0.2) is 31.2 Å². The van der Waals surface area contributed by atoms with E-state index < -0.39 is 24.1 Å². The van der Waals surface area contributed by atoms with E-state index in [1.807, 2.05) is 0 Å². The number of benzene rings is 2. The molecular weight excluding hydrogens is 368 g/mol. The standard InChI is InChI=1S/C17H15F2NO7/c1-24-15-8-11(6-7-14(15)27-17(18)19)9-26-16(21)10-25-13-5-3-2-4-12(13)20(22)23/h2-8,17H,9-10H2,1H3. The number of hydrogen-bond acceptors (Lipinski definition) is 7. The van der Waals surface area contributed by atoms with Crippen molar-refractivity contribution in [3.63, 3.8) is 0 Å². The third-order valence-electron chi connectivity index (χ3n) is 3.25. The largest absolute Gasteiger partial charge is 0.493 e. The Balaban J connectivity index is 1.91. The normalized spacial score (nSPS) is 10.4. The zero-order valence-electron chi connectivity index (χ0n) is 14.1. The molecule has 0 aliphatic rings. The summed E-state index contributed by atoms with van der Waals surface area (Å²) in [6, 6.07) is 9.68. The number of alkyl halides is 2. The molecule has 0 fully saturated rings. The smallest absolute Gasteiger partial charge is 0.387 e. The highest BCUT2D eigenvalue weighted by atomic mass is 19.3. The first-order chi connectivity index (χ1) is 12.9. The van der Waals surface area contributed by atoms with Crippen molar-refractivity contribution in [2.24, 2.45) is 0 Å². The van der Waals surface area contributed by atoms with Crippen molar-refractivity contribution >= 4 is 11.7 Å². The Kier molecular flexibility index (Phi) is 6.86. The van der Waals surface area contributed by atoms with Gasteiger partial charge in [-0.2, -0.15) is 8.78 Å². The molecular formula is C17H15F2NO7. The average Bonchev–Trinajstić information content (AvgIpc) is 2.65. The molecule has 144 valence electrons. The van der Waals surface area contributed by atoms with Crippen molar-refractivity contribution < 1.29 is 37.4 Å². The number of rotatable bonds is 9. The number of para-hydroxylation sites is 2. The van der Waals surface area contributed by atoms with Crippen LogP contribution in [0.15, 0.2) is 42.5 Å². The molecule has 0 unspecified atom stereocenters. The molecule has 8 nitrogen and oxygen atoms in total. The molecule has 2 aromatic carbocycles. The zero-order valence-corrected chi connectivity index (χ0v) is 14.1. The van der Waals surface area contributed by atoms with Gasteiger partial charge in [0.25, 0.3) is 0 Å². The second kappa shape index (κ2) is 9.32. The number of nitro groups is 1. The van der Waals surface area contributed by atoms with Gasteiger partial charge in [0.05, 0.1) is 12.0 Å². The van der Waals surface area contributed by atoms with Crippen LogP contribution < -0.4 is 14.2 Å². The van der Waals surface area contributed by atoms with Crippen LogP contribution in [0.25, 0.3) is 0 Å². The van der Waals surface area contributed by atoms with E-state index in [0.29, 0.717) is 5.56 Å². The quantitative estimate of drug-likeness (QED) is 0.372. The first-order valence-corrected chi connectivity index (χ1v) is 7.54. The lowest BCUT2D eigenvalue weighted by molar-refractivity contribution is -0.385. The number of ether oxygens (including phenoxy) is 4. The SMILES string of the molecule is COc1cc(COC(=O)COc2ccccc2[N+](=O)[O-])ccc1OC(F)F. The summed E-state index contributed by atoms with van der Waals surface area (Å²) in [5, 5.41) is 10.9. The van der Waals surface area contributed by atoms with E-state index in [9.17, 15) is 23.7 Å². The maximum atomic E-state index is 12.3. The number of methoxy groups -OCH3 is 1. The predicted octanol–water partition coefficient (Wildman–Crippen LogP) is 3.33. The van der Waals surface area contributed by atoms with Gasteiger partial charge in [0.1, 0.15) is 6.61 Å². The Hall–Kier alpha value is -3.43. The average molecular weight is 383 g/mol. The fourth-order valence-corrected chi connectivity index (χ4v) is 2.07. The highest BCUT2D eigenvalue weighted by Gasteiger charge is 2.16. The third-order valence-corrected chi connectivity index (χ3v) is 3.25. The van der Waals surface area contributed by atoms with Gasteiger partial charge in [0.15, 0.2) is 23.9 Å². The van der Waals surface area contributed by atoms with Crippen LogP contribution in [0.1, 0.15) is 5.56 Å². The Morgan fingerprint density at radius 2 is 1.89 bits per heavy atom. The monoisotopic (exact) mass is 383 g/mol. The maximum absolute atomic E-state index is 12.3. The van der Waals surface area contributed by atoms with Crippen LogP contribution in [0.3, 0.4) is 0 Å². The van der Waals surface area contributed by atoms with Gasteiger partial charge in [-0.25, -0.2) is 4.79 Å². The molecule has 0 radical (unpaired) electrons. The van der Waals surface area contributed by atoms with Crippen LogP contribution in [-0.2, 0) is 16.1 Å². The Bertz CT molecular complexity index is 814. The number of nitro benzene ring substituents is 1. The van der Waals surface area contributed by atoms with E-state index in [0.717, 1.165) is 0 Å². The van der Waals surface area contributed by atoms with Gasteiger partial charge in [-0.3, -0.25) is 10.1 Å². The molecule has 2 aromatic rings. The number of carbonyl (C=O) groups is 1. The molecule has 27 heavy (non-hydrogen) atoms. The van der Waals surface area contributed by atoms with Crippen LogP contribution in [0, 0.1) is 10.1 Å². The second-order valence-corrected chi connectivity index (χ2v) is 5.04. The van der Waals surface area contributed by atoms with E-state index in [1.165, 1.54) is 49.6 Å². The van der Waals surface area contributed by atoms with Crippen molar-refractivity contribution in [3.05, 3.63) is 58.1 Å². The molecule has 0 aliphatic heterocycles. The van der Waals surface area contributed by atoms with Gasteiger partial charge >= 0.3 is 18.3 Å². The van der Waals surface area contributed by atoms with Crippen molar-refractivity contribution in [2.45, 2.75) is 13.2 Å². The predicted molar refractivity (Wildman–Crippen MR) is 88.0 cm³/mol. The summed E-state index contributed by atoms with van der Waals surface area (Å²) in [5.74, 6) is -0.919. The van der Waals surface area contributed by atoms with Crippen molar-refractivity contribution in [2.75, 3.05) is 13.7 Å². The molecule has 0 atom stereocenters. The van der Waals surface area contributed by atoms with Gasteiger partial charge < -0.3 is 18.9 Å². The number of carbonyl (C=O) groups excluding carboxylic acids is 1. The Labute approximate surface area is 152 Å². The van der Waals surface area contributed by atoms with Crippen molar-refractivity contribution in [3.8, 4) is 17.2 Å². The number of nitrogens with zero attached hydrogens (tertiary/aromatic N) is 1. The summed E-state index contributed by atoms with van der Waals surface area (Å²) in [6.07, 6.45) is 0. The molecule has 0 aromatic heterocycles. The first kappa shape index (κ1) is 19.9. The summed E-state index contributed by atoms with van der Waals surface area (Å²) >= 11 is 0. The Morgan fingerprint density at radius 3 is 2.56 bits per heavy atom. The van der Waals surface area contributed by atoms with E-state index in [4.69, 9.17) is 14.2 Å². The molecule has 0 saturated heterocycles. The van der Waals surface area contributed by atoms with Gasteiger partial charge in [0.2, 0.25) is 0 Å². The van der Waals surface area contributed by atoms with Gasteiger partial charge in [-0.05, 0) is 23.8 Å². The molecule has 0 saturated carbocycles. The Morgan fingerprint density at radius 1 is 1.15 bits per heavy atom. The minimum atomic E-state index is -3.00. The summed E-state index contributed by atoms with van der Waals surface area (Å²) in [6.45, 7) is -3.71.